The summed E-state index contributed by atoms with van der Waals surface area (Å²) in [5.74, 6) is -2.35. The molecule has 1 unspecified atom stereocenters. The van der Waals surface area contributed by atoms with Gasteiger partial charge in [-0.1, -0.05) is 17.7 Å². The Labute approximate surface area is 205 Å². The maximum Gasteiger partial charge on any atom is 0.268 e. The molecule has 8 nitrogen and oxygen atoms in total. The van der Waals surface area contributed by atoms with Gasteiger partial charge in [0.2, 0.25) is 5.91 Å². The zero-order chi connectivity index (χ0) is 24.5. The molecule has 2 amide bonds. The molecule has 2 fully saturated rings. The van der Waals surface area contributed by atoms with E-state index in [-0.39, 0.29) is 29.6 Å². The second kappa shape index (κ2) is 9.88. The highest BCUT2D eigenvalue weighted by Crippen LogP contribution is 2.20. The Kier molecular flexibility index (Phi) is 6.68. The van der Waals surface area contributed by atoms with Crippen molar-refractivity contribution in [3.8, 4) is 0 Å². The highest BCUT2D eigenvalue weighted by atomic mass is 35.5. The molecular weight excluding hydrogens is 480 g/mol. The van der Waals surface area contributed by atoms with Crippen LogP contribution in [0.15, 0.2) is 36.5 Å². The van der Waals surface area contributed by atoms with Crippen molar-refractivity contribution in [3.05, 3.63) is 64.4 Å². The van der Waals surface area contributed by atoms with Gasteiger partial charge in [-0.25, -0.2) is 13.8 Å². The number of carbonyl (C=O) groups is 2. The number of amides is 2. The molecule has 0 aliphatic carbocycles. The molecule has 184 valence electrons. The summed E-state index contributed by atoms with van der Waals surface area (Å²) >= 11 is 5.98. The van der Waals surface area contributed by atoms with Crippen molar-refractivity contribution < 1.29 is 23.1 Å². The number of rotatable bonds is 5. The summed E-state index contributed by atoms with van der Waals surface area (Å²) in [4.78, 5) is 37.7. The van der Waals surface area contributed by atoms with Crippen molar-refractivity contribution in [2.24, 2.45) is 0 Å². The summed E-state index contributed by atoms with van der Waals surface area (Å²) in [6.45, 7) is 3.63. The fraction of sp³-hybridized carbons (Fsp3) is 0.375. The largest absolute Gasteiger partial charge is 0.378 e. The van der Waals surface area contributed by atoms with Crippen molar-refractivity contribution >= 4 is 34.4 Å². The number of piperazine rings is 1. The van der Waals surface area contributed by atoms with Crippen molar-refractivity contribution in [1.82, 2.24) is 25.1 Å². The first-order valence-electron chi connectivity index (χ1n) is 11.4. The van der Waals surface area contributed by atoms with Crippen molar-refractivity contribution in [1.29, 1.82) is 0 Å². The molecule has 5 rings (SSSR count). The van der Waals surface area contributed by atoms with Gasteiger partial charge in [-0.3, -0.25) is 14.5 Å². The van der Waals surface area contributed by atoms with E-state index in [1.54, 1.807) is 17.0 Å². The van der Waals surface area contributed by atoms with Crippen LogP contribution in [0.25, 0.3) is 11.0 Å². The van der Waals surface area contributed by atoms with Crippen LogP contribution < -0.4 is 5.32 Å². The van der Waals surface area contributed by atoms with Crippen LogP contribution in [0.2, 0.25) is 5.02 Å². The van der Waals surface area contributed by atoms with Crippen LogP contribution in [0.4, 0.5) is 8.78 Å². The standard InChI is InChI=1S/C24H24ClF2N5O3/c25-16-7-15-9-20(29-22(15)28-11-16)23(33)30-21(8-14-1-2-17(26)10-19(14)27)24(34)32-4-3-31-5-6-35-13-18(31)12-32/h1-2,7,9-11,18,21H,3-6,8,12-13H2,(H,28,29)(H,30,33)/t18?,21-/m0/s1. The number of morpholine rings is 1. The van der Waals surface area contributed by atoms with Gasteiger partial charge in [0.1, 0.15) is 29.0 Å². The lowest BCUT2D eigenvalue weighted by Crippen LogP contribution is -2.61. The van der Waals surface area contributed by atoms with Crippen LogP contribution in [0.3, 0.4) is 0 Å². The monoisotopic (exact) mass is 503 g/mol. The first-order chi connectivity index (χ1) is 16.9. The van der Waals surface area contributed by atoms with Gasteiger partial charge in [0.25, 0.3) is 5.91 Å². The van der Waals surface area contributed by atoms with Crippen molar-refractivity contribution in [2.45, 2.75) is 18.5 Å². The first kappa shape index (κ1) is 23.7. The van der Waals surface area contributed by atoms with E-state index in [2.05, 4.69) is 20.2 Å². The molecule has 2 aliphatic rings. The van der Waals surface area contributed by atoms with E-state index in [4.69, 9.17) is 16.3 Å². The summed E-state index contributed by atoms with van der Waals surface area (Å²) in [5.41, 5.74) is 0.799. The van der Waals surface area contributed by atoms with Crippen LogP contribution in [-0.2, 0) is 16.0 Å². The zero-order valence-corrected chi connectivity index (χ0v) is 19.5. The van der Waals surface area contributed by atoms with Crippen molar-refractivity contribution in [3.63, 3.8) is 0 Å². The van der Waals surface area contributed by atoms with E-state index in [0.717, 1.165) is 18.7 Å². The zero-order valence-electron chi connectivity index (χ0n) is 18.8. The molecule has 0 radical (unpaired) electrons. The van der Waals surface area contributed by atoms with Crippen LogP contribution >= 0.6 is 11.6 Å². The summed E-state index contributed by atoms with van der Waals surface area (Å²) in [5, 5.41) is 3.81. The number of aromatic amines is 1. The van der Waals surface area contributed by atoms with Crippen LogP contribution in [0.5, 0.6) is 0 Å². The molecular formula is C24H24ClF2N5O3. The number of benzene rings is 1. The van der Waals surface area contributed by atoms with Gasteiger partial charge in [-0.05, 0) is 23.8 Å². The third kappa shape index (κ3) is 5.14. The lowest BCUT2D eigenvalue weighted by Gasteiger charge is -2.44. The minimum Gasteiger partial charge on any atom is -0.378 e. The number of hydrogen-bond acceptors (Lipinski definition) is 5. The van der Waals surface area contributed by atoms with E-state index in [1.807, 2.05) is 0 Å². The van der Waals surface area contributed by atoms with Crippen LogP contribution in [-0.4, -0.2) is 83.1 Å². The Hall–Kier alpha value is -3.08. The quantitative estimate of drug-likeness (QED) is 0.558. The fourth-order valence-corrected chi connectivity index (χ4v) is 4.79. The Morgan fingerprint density at radius 2 is 2.09 bits per heavy atom. The number of ether oxygens (including phenoxy) is 1. The van der Waals surface area contributed by atoms with E-state index in [1.165, 1.54) is 12.3 Å². The van der Waals surface area contributed by atoms with Gasteiger partial charge in [-0.2, -0.15) is 0 Å². The van der Waals surface area contributed by atoms with Gasteiger partial charge < -0.3 is 19.9 Å². The number of pyridine rings is 1. The average molecular weight is 504 g/mol. The molecule has 0 bridgehead atoms. The fourth-order valence-electron chi connectivity index (χ4n) is 4.62. The SMILES string of the molecule is O=C(N[C@@H](Cc1ccc(F)cc1F)C(=O)N1CCN2CCOCC2C1)c1cc2cc(Cl)cnc2[nH]1. The first-order valence-corrected chi connectivity index (χ1v) is 11.7. The second-order valence-corrected chi connectivity index (χ2v) is 9.23. The summed E-state index contributed by atoms with van der Waals surface area (Å²) in [6.07, 6.45) is 1.34. The van der Waals surface area contributed by atoms with Crippen molar-refractivity contribution in [2.75, 3.05) is 39.4 Å². The molecule has 2 aliphatic heterocycles. The van der Waals surface area contributed by atoms with E-state index in [0.29, 0.717) is 48.9 Å². The molecule has 0 saturated carbocycles. The number of halogens is 3. The number of hydrogen-bond donors (Lipinski definition) is 2. The van der Waals surface area contributed by atoms with Crippen LogP contribution in [0.1, 0.15) is 16.1 Å². The molecule has 2 aromatic heterocycles. The average Bonchev–Trinajstić information content (AvgIpc) is 3.28. The van der Waals surface area contributed by atoms with E-state index in [9.17, 15) is 18.4 Å². The number of aromatic nitrogens is 2. The van der Waals surface area contributed by atoms with Gasteiger partial charge in [0.15, 0.2) is 0 Å². The molecule has 11 heteroatoms. The second-order valence-electron chi connectivity index (χ2n) is 8.79. The molecule has 35 heavy (non-hydrogen) atoms. The van der Waals surface area contributed by atoms with E-state index >= 15 is 0 Å². The number of nitrogens with zero attached hydrogens (tertiary/aromatic N) is 3. The maximum atomic E-state index is 14.4. The summed E-state index contributed by atoms with van der Waals surface area (Å²) in [7, 11) is 0. The topological polar surface area (TPSA) is 90.6 Å². The highest BCUT2D eigenvalue weighted by Gasteiger charge is 2.35. The Bertz CT molecular complexity index is 1270. The Morgan fingerprint density at radius 3 is 2.91 bits per heavy atom. The molecule has 2 saturated heterocycles. The number of carbonyl (C=O) groups excluding carboxylic acids is 2. The van der Waals surface area contributed by atoms with Gasteiger partial charge in [0.05, 0.1) is 24.3 Å². The lowest BCUT2D eigenvalue weighted by atomic mass is 10.0. The number of nitrogens with one attached hydrogen (secondary N) is 2. The number of H-pyrrole nitrogens is 1. The maximum absolute atomic E-state index is 14.4. The predicted octanol–water partition coefficient (Wildman–Crippen LogP) is 2.38. The minimum absolute atomic E-state index is 0.0740. The van der Waals surface area contributed by atoms with Gasteiger partial charge in [-0.15, -0.1) is 0 Å². The van der Waals surface area contributed by atoms with Crippen LogP contribution in [0, 0.1) is 11.6 Å². The Balaban J connectivity index is 1.38. The van der Waals surface area contributed by atoms with Gasteiger partial charge >= 0.3 is 0 Å². The van der Waals surface area contributed by atoms with Gasteiger partial charge in [0, 0.05) is 50.2 Å². The number of fused-ring (bicyclic) bond motifs is 2. The summed E-state index contributed by atoms with van der Waals surface area (Å²) in [6, 6.07) is 5.46. The van der Waals surface area contributed by atoms with E-state index < -0.39 is 23.6 Å². The predicted molar refractivity (Wildman–Crippen MR) is 125 cm³/mol. The molecule has 2 N–H and O–H groups in total. The summed E-state index contributed by atoms with van der Waals surface area (Å²) < 4.78 is 33.4. The highest BCUT2D eigenvalue weighted by molar-refractivity contribution is 6.31. The normalized spacial score (nSPS) is 19.4. The minimum atomic E-state index is -1.05. The molecule has 4 heterocycles. The third-order valence-corrected chi connectivity index (χ3v) is 6.68. The third-order valence-electron chi connectivity index (χ3n) is 6.47. The molecule has 3 aromatic rings. The smallest absolute Gasteiger partial charge is 0.268 e. The molecule has 1 aromatic carbocycles. The Morgan fingerprint density at radius 1 is 1.23 bits per heavy atom. The molecule has 0 spiro atoms. The molecule has 2 atom stereocenters. The lowest BCUT2D eigenvalue weighted by molar-refractivity contribution is -0.139.